The summed E-state index contributed by atoms with van der Waals surface area (Å²) in [5, 5.41) is 0. The third kappa shape index (κ3) is 7.27. The number of allylic oxidation sites excluding steroid dienone is 4. The van der Waals surface area contributed by atoms with Crippen molar-refractivity contribution in [1.82, 2.24) is 4.98 Å². The van der Waals surface area contributed by atoms with Gasteiger partial charge in [-0.2, -0.15) is 0 Å². The lowest BCUT2D eigenvalue weighted by Crippen LogP contribution is -2.10. The molecule has 1 aliphatic heterocycles. The number of aromatic nitrogens is 1. The van der Waals surface area contributed by atoms with Crippen molar-refractivity contribution in [3.8, 4) is 17.0 Å². The highest BCUT2D eigenvalue weighted by molar-refractivity contribution is 5.73. The van der Waals surface area contributed by atoms with Gasteiger partial charge in [-0.25, -0.2) is 4.39 Å². The number of rotatable bonds is 6. The summed E-state index contributed by atoms with van der Waals surface area (Å²) < 4.78 is 19.8. The number of aryl methyl sites for hydroxylation is 1. The van der Waals surface area contributed by atoms with Crippen molar-refractivity contribution in [3.63, 3.8) is 0 Å². The zero-order valence-corrected chi connectivity index (χ0v) is 29.3. The van der Waals surface area contributed by atoms with Crippen LogP contribution in [-0.4, -0.2) is 17.8 Å². The quantitative estimate of drug-likeness (QED) is 0.288. The van der Waals surface area contributed by atoms with E-state index in [1.54, 1.807) is 17.7 Å². The Morgan fingerprint density at radius 2 is 1.70 bits per heavy atom. The van der Waals surface area contributed by atoms with Gasteiger partial charge in [0.25, 0.3) is 0 Å². The summed E-state index contributed by atoms with van der Waals surface area (Å²) in [4.78, 5) is 9.25. The van der Waals surface area contributed by atoms with Crippen molar-refractivity contribution in [1.29, 1.82) is 0 Å². The lowest BCUT2D eigenvalue weighted by atomic mass is 9.82. The molecule has 1 N–H and O–H groups in total. The summed E-state index contributed by atoms with van der Waals surface area (Å²) in [6.45, 7) is 11.8. The van der Waals surface area contributed by atoms with Crippen LogP contribution in [-0.2, 0) is 6.42 Å². The monoisotopic (exact) mass is 632 g/mol. The van der Waals surface area contributed by atoms with Crippen molar-refractivity contribution >= 4 is 11.8 Å². The number of hydrogen-bond donors (Lipinski definition) is 1. The molecule has 3 aromatic rings. The van der Waals surface area contributed by atoms with Crippen LogP contribution < -0.4 is 4.74 Å². The molecule has 2 aromatic carbocycles. The highest BCUT2D eigenvalue weighted by Crippen LogP contribution is 2.43. The van der Waals surface area contributed by atoms with Gasteiger partial charge in [-0.05, 0) is 166 Å². The van der Waals surface area contributed by atoms with Crippen LogP contribution >= 0.6 is 0 Å². The smallest absolute Gasteiger partial charge is 0.123 e. The number of nitrogens with zero attached hydrogens (tertiary/aromatic N) is 1. The Morgan fingerprint density at radius 1 is 0.894 bits per heavy atom. The molecule has 0 radical (unpaired) electrons. The molecular formula is C43H53FN2O. The van der Waals surface area contributed by atoms with Crippen molar-refractivity contribution in [3.05, 3.63) is 105 Å². The van der Waals surface area contributed by atoms with E-state index in [0.717, 1.165) is 69.1 Å². The van der Waals surface area contributed by atoms with E-state index in [1.165, 1.54) is 75.3 Å². The van der Waals surface area contributed by atoms with Crippen molar-refractivity contribution in [2.75, 3.05) is 6.61 Å². The van der Waals surface area contributed by atoms with E-state index in [9.17, 15) is 4.39 Å². The maximum Gasteiger partial charge on any atom is 0.123 e. The summed E-state index contributed by atoms with van der Waals surface area (Å²) in [6, 6.07) is 13.7. The van der Waals surface area contributed by atoms with Crippen LogP contribution in [0.2, 0.25) is 0 Å². The molecule has 1 fully saturated rings. The lowest BCUT2D eigenvalue weighted by molar-refractivity contribution is 0.338. The molecule has 3 aliphatic rings. The maximum absolute atomic E-state index is 13.8. The minimum atomic E-state index is -0.177. The summed E-state index contributed by atoms with van der Waals surface area (Å²) in [5.41, 5.74) is 16.0. The second-order valence-electron chi connectivity index (χ2n) is 14.0. The lowest BCUT2D eigenvalue weighted by Gasteiger charge is -2.26. The highest BCUT2D eigenvalue weighted by atomic mass is 19.1. The number of hydrogen-bond acceptors (Lipinski definition) is 2. The van der Waals surface area contributed by atoms with E-state index < -0.39 is 0 Å². The number of aromatic amines is 1. The maximum atomic E-state index is 13.8. The van der Waals surface area contributed by atoms with Crippen molar-refractivity contribution < 1.29 is 9.13 Å². The Hall–Kier alpha value is -3.66. The van der Waals surface area contributed by atoms with Gasteiger partial charge in [0.05, 0.1) is 12.3 Å². The van der Waals surface area contributed by atoms with E-state index in [-0.39, 0.29) is 5.82 Å². The number of aliphatic imine (C=N–C) groups is 1. The van der Waals surface area contributed by atoms with E-state index >= 15 is 0 Å². The molecule has 0 spiro atoms. The van der Waals surface area contributed by atoms with E-state index in [1.807, 2.05) is 19.1 Å². The fourth-order valence-electron chi connectivity index (χ4n) is 8.26. The first kappa shape index (κ1) is 33.2. The van der Waals surface area contributed by atoms with Gasteiger partial charge in [-0.15, -0.1) is 0 Å². The largest absolute Gasteiger partial charge is 0.494 e. The highest BCUT2D eigenvalue weighted by Gasteiger charge is 2.27. The SMILES string of the molecule is CCOc1cc(-c2[nH]c(C3CCCC/C(=C4/N=CCCC(C)C5=C4C=C(c4ccc(F)cc4)CCC5)CC3)c(CC)c2C)ccc1C. The van der Waals surface area contributed by atoms with Gasteiger partial charge in [0.1, 0.15) is 11.6 Å². The van der Waals surface area contributed by atoms with Crippen molar-refractivity contribution in [2.45, 2.75) is 118 Å². The standard InChI is InChI=1S/C43H53FN2O/c1-6-37-30(5)41(35-18-17-29(4)40(27-35)47-7-2)46-43(37)33-14-9-8-13-32(19-20-33)42-39-26-34(31-21-23-36(44)24-22-31)15-10-16-38(39)28(3)12-11-25-45-42/h17-18,21-28,33,46H,6-16,19-20H2,1-5H3/b42-32-,45-25?. The third-order valence-electron chi connectivity index (χ3n) is 10.9. The van der Waals surface area contributed by atoms with E-state index in [2.05, 4.69) is 63.2 Å². The minimum absolute atomic E-state index is 0.177. The van der Waals surface area contributed by atoms with Crippen LogP contribution in [0.1, 0.15) is 125 Å². The number of H-pyrrole nitrogens is 1. The molecule has 6 rings (SSSR count). The average Bonchev–Trinajstić information content (AvgIpc) is 3.23. The van der Waals surface area contributed by atoms with Crippen LogP contribution in [0, 0.1) is 25.6 Å². The normalized spacial score (nSPS) is 22.5. The van der Waals surface area contributed by atoms with E-state index in [4.69, 9.17) is 9.73 Å². The predicted molar refractivity (Wildman–Crippen MR) is 196 cm³/mol. The van der Waals surface area contributed by atoms with Gasteiger partial charge in [-0.3, -0.25) is 4.99 Å². The molecule has 2 heterocycles. The first-order valence-corrected chi connectivity index (χ1v) is 18.3. The third-order valence-corrected chi connectivity index (χ3v) is 10.9. The number of halogens is 1. The minimum Gasteiger partial charge on any atom is -0.494 e. The zero-order valence-electron chi connectivity index (χ0n) is 29.3. The Labute approximate surface area is 282 Å². The fraction of sp³-hybridized carbons (Fsp3) is 0.465. The number of benzene rings is 2. The molecule has 2 unspecified atom stereocenters. The molecule has 2 atom stereocenters. The van der Waals surface area contributed by atoms with Gasteiger partial charge in [0.2, 0.25) is 0 Å². The fourth-order valence-corrected chi connectivity index (χ4v) is 8.26. The van der Waals surface area contributed by atoms with Gasteiger partial charge in [0, 0.05) is 23.2 Å². The molecule has 4 heteroatoms. The first-order valence-electron chi connectivity index (χ1n) is 18.3. The Bertz CT molecular complexity index is 1700. The van der Waals surface area contributed by atoms with Crippen LogP contribution in [0.4, 0.5) is 4.39 Å². The molecule has 0 saturated heterocycles. The molecule has 1 saturated carbocycles. The summed E-state index contributed by atoms with van der Waals surface area (Å²) in [6.07, 6.45) is 18.0. The Balaban J connectivity index is 1.36. The summed E-state index contributed by atoms with van der Waals surface area (Å²) >= 11 is 0. The van der Waals surface area contributed by atoms with Gasteiger partial charge in [0.15, 0.2) is 0 Å². The Kier molecular flexibility index (Phi) is 10.6. The Morgan fingerprint density at radius 3 is 2.49 bits per heavy atom. The molecule has 3 nitrogen and oxygen atoms in total. The number of ether oxygens (including phenoxy) is 1. The van der Waals surface area contributed by atoms with E-state index in [0.29, 0.717) is 18.4 Å². The molecule has 0 bridgehead atoms. The van der Waals surface area contributed by atoms with Crippen LogP contribution in [0.3, 0.4) is 0 Å². The predicted octanol–water partition coefficient (Wildman–Crippen LogP) is 12.2. The summed E-state index contributed by atoms with van der Waals surface area (Å²) in [5.74, 6) is 1.83. The average molecular weight is 633 g/mol. The topological polar surface area (TPSA) is 37.4 Å². The first-order chi connectivity index (χ1) is 22.9. The molecule has 0 amide bonds. The van der Waals surface area contributed by atoms with Crippen molar-refractivity contribution in [2.24, 2.45) is 10.9 Å². The molecule has 47 heavy (non-hydrogen) atoms. The number of nitrogens with one attached hydrogen (secondary N) is 1. The van der Waals surface area contributed by atoms with Crippen LogP contribution in [0.25, 0.3) is 16.8 Å². The zero-order chi connectivity index (χ0) is 32.9. The summed E-state index contributed by atoms with van der Waals surface area (Å²) in [7, 11) is 0. The second kappa shape index (κ2) is 15.0. The molecular weight excluding hydrogens is 579 g/mol. The van der Waals surface area contributed by atoms with Gasteiger partial charge in [-0.1, -0.05) is 50.1 Å². The second-order valence-corrected chi connectivity index (χ2v) is 14.0. The molecule has 248 valence electrons. The molecule has 2 aliphatic carbocycles. The van der Waals surface area contributed by atoms with Crippen LogP contribution in [0.5, 0.6) is 5.75 Å². The van der Waals surface area contributed by atoms with Gasteiger partial charge >= 0.3 is 0 Å². The van der Waals surface area contributed by atoms with Crippen LogP contribution in [0.15, 0.2) is 75.9 Å². The molecule has 1 aromatic heterocycles. The van der Waals surface area contributed by atoms with Gasteiger partial charge < -0.3 is 9.72 Å².